The third-order valence-corrected chi connectivity index (χ3v) is 12.3. The van der Waals surface area contributed by atoms with Crippen molar-refractivity contribution in [1.29, 1.82) is 0 Å². The minimum absolute atomic E-state index is 0.0540. The van der Waals surface area contributed by atoms with Crippen LogP contribution in [0.25, 0.3) is 11.3 Å². The number of piperidine rings is 1. The van der Waals surface area contributed by atoms with Gasteiger partial charge in [0, 0.05) is 66.1 Å². The summed E-state index contributed by atoms with van der Waals surface area (Å²) in [6.07, 6.45) is 7.67. The van der Waals surface area contributed by atoms with E-state index in [2.05, 4.69) is 16.7 Å². The summed E-state index contributed by atoms with van der Waals surface area (Å²) >= 11 is 1.41. The highest BCUT2D eigenvalue weighted by molar-refractivity contribution is 7.12. The first-order valence-corrected chi connectivity index (χ1v) is 20.3. The molecule has 1 saturated carbocycles. The number of nitrogens with two attached hydrogens (primary N) is 1. The summed E-state index contributed by atoms with van der Waals surface area (Å²) in [7, 11) is 0. The molecule has 5 heterocycles. The van der Waals surface area contributed by atoms with Crippen molar-refractivity contribution in [3.8, 4) is 11.3 Å². The van der Waals surface area contributed by atoms with E-state index < -0.39 is 41.5 Å². The lowest BCUT2D eigenvalue weighted by Crippen LogP contribution is -2.54. The van der Waals surface area contributed by atoms with E-state index >= 15 is 0 Å². The number of pyridine rings is 1. The fourth-order valence-corrected chi connectivity index (χ4v) is 9.19. The fraction of sp³-hybridized carbons (Fsp3) is 0.381. The molecule has 0 spiro atoms. The lowest BCUT2D eigenvalue weighted by atomic mass is 10.0. The Bertz CT molecular complexity index is 2400. The van der Waals surface area contributed by atoms with Crippen LogP contribution in [0.2, 0.25) is 0 Å². The molecule has 1 aliphatic carbocycles. The van der Waals surface area contributed by atoms with Crippen molar-refractivity contribution < 1.29 is 28.8 Å². The predicted octanol–water partition coefficient (Wildman–Crippen LogP) is 4.27. The molecular formula is C42H43N7O7S. The van der Waals surface area contributed by atoms with Crippen LogP contribution in [0.4, 0.5) is 11.4 Å². The number of aryl methyl sites for hydroxylation is 2. The molecule has 2 aromatic carbocycles. The highest BCUT2D eigenvalue weighted by Crippen LogP contribution is 2.40. The lowest BCUT2D eigenvalue weighted by Gasteiger charge is -2.27. The summed E-state index contributed by atoms with van der Waals surface area (Å²) in [6.45, 7) is 3.63. The second kappa shape index (κ2) is 15.5. The SMILES string of the molecule is Cc1sc(C(C(N)=O)c2ccc(=O)n(CCCCCCNc3cccc4c3C(=O)N(C3CCC(=O)NC3=O)C4=O)c2)nc1-c1ccc2c(c1)CCN2C(=O)C1CC1. The van der Waals surface area contributed by atoms with Gasteiger partial charge in [-0.15, -0.1) is 11.3 Å². The number of amides is 6. The van der Waals surface area contributed by atoms with Crippen LogP contribution in [-0.4, -0.2) is 69.0 Å². The number of rotatable bonds is 14. The zero-order valence-electron chi connectivity index (χ0n) is 31.5. The van der Waals surface area contributed by atoms with Crippen molar-refractivity contribution in [3.05, 3.63) is 97.2 Å². The van der Waals surface area contributed by atoms with Crippen LogP contribution < -0.4 is 26.8 Å². The number of nitrogens with one attached hydrogen (secondary N) is 2. The van der Waals surface area contributed by atoms with E-state index in [-0.39, 0.29) is 41.4 Å². The average molecular weight is 790 g/mol. The maximum atomic E-state index is 13.4. The first-order chi connectivity index (χ1) is 27.5. The second-order valence-electron chi connectivity index (χ2n) is 15.2. The lowest BCUT2D eigenvalue weighted by molar-refractivity contribution is -0.136. The molecule has 15 heteroatoms. The molecule has 0 bridgehead atoms. The van der Waals surface area contributed by atoms with Crippen LogP contribution in [0.5, 0.6) is 0 Å². The molecule has 2 unspecified atom stereocenters. The number of benzene rings is 2. The Morgan fingerprint density at radius 1 is 0.965 bits per heavy atom. The van der Waals surface area contributed by atoms with E-state index in [1.807, 2.05) is 24.0 Å². The molecule has 6 amide bonds. The van der Waals surface area contributed by atoms with E-state index in [1.54, 1.807) is 35.0 Å². The van der Waals surface area contributed by atoms with E-state index in [0.29, 0.717) is 42.3 Å². The number of primary amides is 1. The number of anilines is 2. The largest absolute Gasteiger partial charge is 0.384 e. The van der Waals surface area contributed by atoms with Crippen molar-refractivity contribution in [2.24, 2.45) is 11.7 Å². The van der Waals surface area contributed by atoms with Gasteiger partial charge in [-0.25, -0.2) is 4.98 Å². The van der Waals surface area contributed by atoms with Crippen LogP contribution in [0.1, 0.15) is 99.0 Å². The van der Waals surface area contributed by atoms with Gasteiger partial charge in [0.05, 0.1) is 16.8 Å². The summed E-state index contributed by atoms with van der Waals surface area (Å²) in [6, 6.07) is 13.1. The smallest absolute Gasteiger partial charge is 0.264 e. The number of thiazole rings is 1. The first-order valence-electron chi connectivity index (χ1n) is 19.5. The van der Waals surface area contributed by atoms with Crippen LogP contribution in [0, 0.1) is 12.8 Å². The third-order valence-electron chi connectivity index (χ3n) is 11.2. The number of hydrogen-bond donors (Lipinski definition) is 3. The molecule has 1 saturated heterocycles. The number of nitrogens with zero attached hydrogens (tertiary/aromatic N) is 4. The monoisotopic (exact) mass is 789 g/mol. The Hall–Kier alpha value is -5.96. The molecule has 8 rings (SSSR count). The van der Waals surface area contributed by atoms with Gasteiger partial charge >= 0.3 is 0 Å². The summed E-state index contributed by atoms with van der Waals surface area (Å²) in [4.78, 5) is 97.8. The summed E-state index contributed by atoms with van der Waals surface area (Å²) in [5, 5.41) is 6.03. The van der Waals surface area contributed by atoms with Crippen molar-refractivity contribution in [3.63, 3.8) is 0 Å². The molecule has 2 fully saturated rings. The highest BCUT2D eigenvalue weighted by Gasteiger charge is 2.45. The number of carbonyl (C=O) groups is 6. The van der Waals surface area contributed by atoms with Crippen molar-refractivity contribution >= 4 is 58.2 Å². The van der Waals surface area contributed by atoms with Crippen LogP contribution in [-0.2, 0) is 32.1 Å². The third kappa shape index (κ3) is 7.39. The molecule has 4 aromatic rings. The molecule has 4 aliphatic rings. The van der Waals surface area contributed by atoms with Gasteiger partial charge in [-0.1, -0.05) is 31.0 Å². The van der Waals surface area contributed by atoms with Crippen molar-refractivity contribution in [2.75, 3.05) is 23.3 Å². The number of hydrogen-bond acceptors (Lipinski definition) is 10. The van der Waals surface area contributed by atoms with E-state index in [4.69, 9.17) is 10.7 Å². The average Bonchev–Trinajstić information content (AvgIpc) is 3.77. The number of carbonyl (C=O) groups excluding carboxylic acids is 6. The van der Waals surface area contributed by atoms with E-state index in [1.165, 1.54) is 17.4 Å². The molecule has 2 atom stereocenters. The van der Waals surface area contributed by atoms with E-state index in [9.17, 15) is 33.6 Å². The van der Waals surface area contributed by atoms with Crippen LogP contribution >= 0.6 is 11.3 Å². The molecule has 0 radical (unpaired) electrons. The Morgan fingerprint density at radius 2 is 1.77 bits per heavy atom. The summed E-state index contributed by atoms with van der Waals surface area (Å²) in [5.41, 5.74) is 11.1. The Labute approximate surface area is 332 Å². The van der Waals surface area contributed by atoms with Crippen molar-refractivity contribution in [1.82, 2.24) is 19.8 Å². The maximum absolute atomic E-state index is 13.4. The molecule has 14 nitrogen and oxygen atoms in total. The van der Waals surface area contributed by atoms with Crippen LogP contribution in [0.3, 0.4) is 0 Å². The number of fused-ring (bicyclic) bond motifs is 2. The van der Waals surface area contributed by atoms with Gasteiger partial charge in [-0.05, 0) is 80.8 Å². The Balaban J connectivity index is 0.864. The maximum Gasteiger partial charge on any atom is 0.264 e. The van der Waals surface area contributed by atoms with Gasteiger partial charge in [-0.2, -0.15) is 0 Å². The van der Waals surface area contributed by atoms with Gasteiger partial charge in [0.15, 0.2) is 0 Å². The second-order valence-corrected chi connectivity index (χ2v) is 16.4. The number of unbranched alkanes of at least 4 members (excludes halogenated alkanes) is 3. The van der Waals surface area contributed by atoms with Gasteiger partial charge in [-0.3, -0.25) is 43.8 Å². The molecule has 4 N–H and O–H groups in total. The van der Waals surface area contributed by atoms with Gasteiger partial charge in [0.1, 0.15) is 17.0 Å². The van der Waals surface area contributed by atoms with E-state index in [0.717, 1.165) is 70.8 Å². The topological polar surface area (TPSA) is 194 Å². The predicted molar refractivity (Wildman–Crippen MR) is 213 cm³/mol. The molecular weight excluding hydrogens is 747 g/mol. The van der Waals surface area contributed by atoms with Crippen LogP contribution in [0.15, 0.2) is 59.5 Å². The Morgan fingerprint density at radius 3 is 2.54 bits per heavy atom. The minimum atomic E-state index is -1.03. The Kier molecular flexibility index (Phi) is 10.3. The molecule has 2 aromatic heterocycles. The highest BCUT2D eigenvalue weighted by atomic mass is 32.1. The molecule has 294 valence electrons. The van der Waals surface area contributed by atoms with Crippen molar-refractivity contribution in [2.45, 2.75) is 83.2 Å². The summed E-state index contributed by atoms with van der Waals surface area (Å²) in [5.74, 6) is -3.21. The van der Waals surface area contributed by atoms with Gasteiger partial charge < -0.3 is 20.5 Å². The quantitative estimate of drug-likeness (QED) is 0.124. The first kappa shape index (κ1) is 37.9. The van der Waals surface area contributed by atoms with Gasteiger partial charge in [0.25, 0.3) is 17.4 Å². The molecule has 3 aliphatic heterocycles. The minimum Gasteiger partial charge on any atom is -0.384 e. The van der Waals surface area contributed by atoms with Gasteiger partial charge in [0.2, 0.25) is 23.6 Å². The molecule has 57 heavy (non-hydrogen) atoms. The fourth-order valence-electron chi connectivity index (χ4n) is 8.11. The summed E-state index contributed by atoms with van der Waals surface area (Å²) < 4.78 is 1.60. The number of imide groups is 2. The zero-order chi connectivity index (χ0) is 40.0. The number of aromatic nitrogens is 2. The zero-order valence-corrected chi connectivity index (χ0v) is 32.4. The standard InChI is InChI=1S/C42H43N7O7S/c1-23-36(26-11-13-30-25(21-26)17-20-48(30)40(54)24-9-10-24)46-39(57-23)34(37(43)52)27-12-16-33(51)47(22-27)19-5-3-2-4-18-44-29-8-6-7-28-35(29)42(56)49(41(28)55)31-14-15-32(50)45-38(31)53/h6-8,11-13,16,21-22,24,31,34,44H,2-5,9-10,14-15,17-20H2,1H3,(H2,43,52)(H,45,50,53). The normalized spacial score (nSPS) is 18.1.